The molecule has 0 aliphatic rings. The molecule has 5 heteroatoms. The van der Waals surface area contributed by atoms with E-state index in [0.29, 0.717) is 11.3 Å². The largest absolute Gasteiger partial charge is 0.397 e. The molecular formula is C9H9N5. The Kier molecular flexibility index (Phi) is 1.98. The first-order valence-corrected chi connectivity index (χ1v) is 4.07. The van der Waals surface area contributed by atoms with Gasteiger partial charge in [0.2, 0.25) is 0 Å². The molecule has 2 aromatic heterocycles. The fourth-order valence-corrected chi connectivity index (χ4v) is 1.15. The molecule has 2 aromatic rings. The van der Waals surface area contributed by atoms with E-state index in [0.717, 1.165) is 11.4 Å². The highest BCUT2D eigenvalue weighted by atomic mass is 15.1. The lowest BCUT2D eigenvalue weighted by molar-refractivity contribution is 1.09. The number of aromatic amines is 1. The second-order valence-electron chi connectivity index (χ2n) is 2.81. The van der Waals surface area contributed by atoms with Gasteiger partial charge in [0.15, 0.2) is 0 Å². The van der Waals surface area contributed by atoms with Crippen LogP contribution in [0.5, 0.6) is 0 Å². The molecule has 0 spiro atoms. The summed E-state index contributed by atoms with van der Waals surface area (Å²) in [5.74, 6) is 0. The average Bonchev–Trinajstić information content (AvgIpc) is 2.71. The Balaban J connectivity index is 2.51. The lowest BCUT2D eigenvalue weighted by atomic mass is 10.2. The molecule has 0 aromatic carbocycles. The number of nitrogens with zero attached hydrogens (tertiary/aromatic N) is 2. The first-order chi connectivity index (χ1) is 6.81. The molecule has 0 radical (unpaired) electrons. The van der Waals surface area contributed by atoms with Crippen molar-refractivity contribution in [2.75, 3.05) is 5.73 Å². The van der Waals surface area contributed by atoms with Crippen LogP contribution in [0.25, 0.3) is 11.4 Å². The maximum atomic E-state index is 7.15. The summed E-state index contributed by atoms with van der Waals surface area (Å²) < 4.78 is 0. The Morgan fingerprint density at radius 2 is 2.36 bits per heavy atom. The van der Waals surface area contributed by atoms with E-state index in [1.807, 2.05) is 6.07 Å². The lowest BCUT2D eigenvalue weighted by Crippen LogP contribution is -1.95. The Labute approximate surface area is 80.5 Å². The summed E-state index contributed by atoms with van der Waals surface area (Å²) in [7, 11) is 0. The van der Waals surface area contributed by atoms with Crippen molar-refractivity contribution in [2.24, 2.45) is 0 Å². The van der Waals surface area contributed by atoms with Gasteiger partial charge in [0.25, 0.3) is 0 Å². The maximum absolute atomic E-state index is 7.15. The lowest BCUT2D eigenvalue weighted by Gasteiger charge is -2.01. The number of hydrogen-bond donors (Lipinski definition) is 3. The number of nitrogens with two attached hydrogens (primary N) is 1. The first kappa shape index (κ1) is 8.43. The van der Waals surface area contributed by atoms with Crippen LogP contribution in [0.15, 0.2) is 24.5 Å². The highest BCUT2D eigenvalue weighted by Gasteiger charge is 2.03. The van der Waals surface area contributed by atoms with E-state index in [-0.39, 0.29) is 0 Å². The van der Waals surface area contributed by atoms with Crippen LogP contribution < -0.4 is 5.73 Å². The zero-order chi connectivity index (χ0) is 9.97. The molecule has 0 bridgehead atoms. The first-order valence-electron chi connectivity index (χ1n) is 4.07. The monoisotopic (exact) mass is 187 g/mol. The zero-order valence-corrected chi connectivity index (χ0v) is 7.36. The predicted octanol–water partition coefficient (Wildman–Crippen LogP) is 1.05. The molecule has 0 fully saturated rings. The second-order valence-corrected chi connectivity index (χ2v) is 2.81. The molecule has 70 valence electrons. The van der Waals surface area contributed by atoms with Gasteiger partial charge < -0.3 is 11.1 Å². The standard InChI is InChI=1S/C9H9N5/c10-4-6-3-9(12-5-7(6)11)8-1-2-13-14-8/h1-5,10H,11H2,(H,13,14). The molecule has 0 aliphatic heterocycles. The predicted molar refractivity (Wildman–Crippen MR) is 54.1 cm³/mol. The molecular weight excluding hydrogens is 178 g/mol. The Hall–Kier alpha value is -2.17. The number of aromatic nitrogens is 3. The molecule has 5 nitrogen and oxygen atoms in total. The summed E-state index contributed by atoms with van der Waals surface area (Å²) in [6.07, 6.45) is 4.39. The van der Waals surface area contributed by atoms with Gasteiger partial charge in [-0.25, -0.2) is 0 Å². The topological polar surface area (TPSA) is 91.4 Å². The van der Waals surface area contributed by atoms with Gasteiger partial charge in [-0.3, -0.25) is 10.1 Å². The number of rotatable bonds is 2. The van der Waals surface area contributed by atoms with Gasteiger partial charge in [-0.1, -0.05) is 0 Å². The minimum atomic E-state index is 0.503. The summed E-state index contributed by atoms with van der Waals surface area (Å²) >= 11 is 0. The van der Waals surface area contributed by atoms with Crippen molar-refractivity contribution in [1.82, 2.24) is 15.2 Å². The fourth-order valence-electron chi connectivity index (χ4n) is 1.15. The number of anilines is 1. The van der Waals surface area contributed by atoms with E-state index in [9.17, 15) is 0 Å². The molecule has 14 heavy (non-hydrogen) atoms. The minimum Gasteiger partial charge on any atom is -0.397 e. The summed E-state index contributed by atoms with van der Waals surface area (Å²) in [5, 5.41) is 13.8. The van der Waals surface area contributed by atoms with Crippen LogP contribution in [0.2, 0.25) is 0 Å². The Bertz CT molecular complexity index is 446. The van der Waals surface area contributed by atoms with E-state index in [1.165, 1.54) is 12.4 Å². The fraction of sp³-hybridized carbons (Fsp3) is 0. The van der Waals surface area contributed by atoms with Gasteiger partial charge >= 0.3 is 0 Å². The van der Waals surface area contributed by atoms with Gasteiger partial charge in [0.1, 0.15) is 0 Å². The third kappa shape index (κ3) is 1.35. The summed E-state index contributed by atoms with van der Waals surface area (Å²) in [6.45, 7) is 0. The van der Waals surface area contributed by atoms with Crippen LogP contribution in [0.1, 0.15) is 5.56 Å². The maximum Gasteiger partial charge on any atom is 0.0888 e. The van der Waals surface area contributed by atoms with E-state index >= 15 is 0 Å². The highest BCUT2D eigenvalue weighted by molar-refractivity contribution is 5.86. The van der Waals surface area contributed by atoms with E-state index in [2.05, 4.69) is 15.2 Å². The van der Waals surface area contributed by atoms with Crippen LogP contribution in [-0.2, 0) is 0 Å². The molecule has 0 saturated heterocycles. The van der Waals surface area contributed by atoms with Crippen molar-refractivity contribution in [1.29, 1.82) is 5.41 Å². The smallest absolute Gasteiger partial charge is 0.0888 e. The number of nitrogen functional groups attached to an aromatic ring is 1. The molecule has 0 atom stereocenters. The minimum absolute atomic E-state index is 0.503. The van der Waals surface area contributed by atoms with Crippen LogP contribution in [0.4, 0.5) is 5.69 Å². The van der Waals surface area contributed by atoms with E-state index in [1.54, 1.807) is 12.3 Å². The van der Waals surface area contributed by atoms with Gasteiger partial charge in [-0.2, -0.15) is 5.10 Å². The summed E-state index contributed by atoms with van der Waals surface area (Å²) in [5.41, 5.74) is 8.32. The third-order valence-electron chi connectivity index (χ3n) is 1.90. The molecule has 2 rings (SSSR count). The molecule has 4 N–H and O–H groups in total. The van der Waals surface area contributed by atoms with Crippen LogP contribution in [0.3, 0.4) is 0 Å². The van der Waals surface area contributed by atoms with Gasteiger partial charge in [-0.05, 0) is 12.1 Å². The van der Waals surface area contributed by atoms with Crippen molar-refractivity contribution in [3.8, 4) is 11.4 Å². The van der Waals surface area contributed by atoms with Gasteiger partial charge in [0.05, 0.1) is 23.3 Å². The SMILES string of the molecule is N=Cc1cc(-c2ccn[nH]2)ncc1N. The summed E-state index contributed by atoms with van der Waals surface area (Å²) in [4.78, 5) is 4.13. The van der Waals surface area contributed by atoms with Gasteiger partial charge in [0, 0.05) is 18.0 Å². The molecule has 0 saturated carbocycles. The molecule has 2 heterocycles. The van der Waals surface area contributed by atoms with E-state index in [4.69, 9.17) is 11.1 Å². The number of hydrogen-bond acceptors (Lipinski definition) is 4. The number of pyridine rings is 1. The van der Waals surface area contributed by atoms with Crippen molar-refractivity contribution >= 4 is 11.9 Å². The summed E-state index contributed by atoms with van der Waals surface area (Å²) in [6, 6.07) is 3.56. The quantitative estimate of drug-likeness (QED) is 0.613. The third-order valence-corrected chi connectivity index (χ3v) is 1.90. The highest BCUT2D eigenvalue weighted by Crippen LogP contribution is 2.17. The molecule has 0 aliphatic carbocycles. The van der Waals surface area contributed by atoms with Gasteiger partial charge in [-0.15, -0.1) is 0 Å². The Morgan fingerprint density at radius 1 is 1.50 bits per heavy atom. The second kappa shape index (κ2) is 3.29. The van der Waals surface area contributed by atoms with Crippen LogP contribution in [0, 0.1) is 5.41 Å². The van der Waals surface area contributed by atoms with Crippen molar-refractivity contribution in [3.05, 3.63) is 30.1 Å². The Morgan fingerprint density at radius 3 is 3.00 bits per heavy atom. The van der Waals surface area contributed by atoms with Crippen molar-refractivity contribution in [3.63, 3.8) is 0 Å². The van der Waals surface area contributed by atoms with Crippen LogP contribution in [-0.4, -0.2) is 21.4 Å². The molecule has 0 amide bonds. The number of nitrogens with one attached hydrogen (secondary N) is 2. The molecule has 0 unspecified atom stereocenters. The normalized spacial score (nSPS) is 10.0. The van der Waals surface area contributed by atoms with Crippen molar-refractivity contribution < 1.29 is 0 Å². The van der Waals surface area contributed by atoms with E-state index < -0.39 is 0 Å². The van der Waals surface area contributed by atoms with Crippen LogP contribution >= 0.6 is 0 Å². The average molecular weight is 187 g/mol. The number of H-pyrrole nitrogens is 1. The zero-order valence-electron chi connectivity index (χ0n) is 7.36. The van der Waals surface area contributed by atoms with Crippen molar-refractivity contribution in [2.45, 2.75) is 0 Å².